The van der Waals surface area contributed by atoms with E-state index in [0.29, 0.717) is 10.8 Å². The van der Waals surface area contributed by atoms with Gasteiger partial charge in [-0.05, 0) is 68.2 Å². The third-order valence-electron chi connectivity index (χ3n) is 5.61. The van der Waals surface area contributed by atoms with Gasteiger partial charge in [0.25, 0.3) is 5.91 Å². The van der Waals surface area contributed by atoms with E-state index < -0.39 is 29.6 Å². The second kappa shape index (κ2) is 7.76. The van der Waals surface area contributed by atoms with Crippen LogP contribution in [0, 0.1) is 37.5 Å². The van der Waals surface area contributed by atoms with E-state index in [1.165, 1.54) is 0 Å². The average Bonchev–Trinajstić information content (AvgIpc) is 3.23. The highest BCUT2D eigenvalue weighted by Crippen LogP contribution is 2.52. The second-order valence-corrected chi connectivity index (χ2v) is 7.80. The number of carbonyl (C=O) groups is 3. The van der Waals surface area contributed by atoms with E-state index >= 15 is 0 Å². The van der Waals surface area contributed by atoms with Crippen LogP contribution >= 0.6 is 11.6 Å². The molecule has 4 atom stereocenters. The molecule has 27 heavy (non-hydrogen) atoms. The maximum absolute atomic E-state index is 12.4. The summed E-state index contributed by atoms with van der Waals surface area (Å²) < 4.78 is 5.43. The molecule has 0 radical (unpaired) electrons. The van der Waals surface area contributed by atoms with Crippen molar-refractivity contribution in [2.75, 3.05) is 6.61 Å². The average molecular weight is 395 g/mol. The molecule has 1 aromatic carbocycles. The topological polar surface area (TPSA) is 105 Å². The van der Waals surface area contributed by atoms with Gasteiger partial charge in [-0.2, -0.15) is 0 Å². The molecule has 3 rings (SSSR count). The summed E-state index contributed by atoms with van der Waals surface area (Å²) in [5, 5.41) is 10.1. The van der Waals surface area contributed by atoms with E-state index in [-0.39, 0.29) is 18.4 Å². The summed E-state index contributed by atoms with van der Waals surface area (Å²) in [7, 11) is 0. The van der Waals surface area contributed by atoms with Crippen molar-refractivity contribution >= 4 is 29.4 Å². The Bertz CT molecular complexity index is 758. The van der Waals surface area contributed by atoms with Crippen molar-refractivity contribution in [1.82, 2.24) is 10.9 Å². The highest BCUT2D eigenvalue weighted by Gasteiger charge is 2.54. The number of amides is 2. The third-order valence-corrected chi connectivity index (χ3v) is 6.21. The number of ether oxygens (including phenoxy) is 1. The lowest BCUT2D eigenvalue weighted by Gasteiger charge is -2.26. The van der Waals surface area contributed by atoms with Gasteiger partial charge in [-0.3, -0.25) is 25.2 Å². The predicted octanol–water partition coefficient (Wildman–Crippen LogP) is 2.23. The van der Waals surface area contributed by atoms with Gasteiger partial charge in [0.1, 0.15) is 5.75 Å². The summed E-state index contributed by atoms with van der Waals surface area (Å²) in [6, 6.07) is 3.46. The van der Waals surface area contributed by atoms with Crippen LogP contribution in [0.5, 0.6) is 5.75 Å². The number of hydrogen-bond donors (Lipinski definition) is 3. The van der Waals surface area contributed by atoms with Crippen molar-refractivity contribution in [3.8, 4) is 5.75 Å². The van der Waals surface area contributed by atoms with Crippen molar-refractivity contribution in [2.45, 2.75) is 33.1 Å². The minimum Gasteiger partial charge on any atom is -0.484 e. The molecule has 3 N–H and O–H groups in total. The summed E-state index contributed by atoms with van der Waals surface area (Å²) in [5.74, 6) is -2.53. The summed E-state index contributed by atoms with van der Waals surface area (Å²) in [5.41, 5.74) is 6.35. The lowest BCUT2D eigenvalue weighted by atomic mass is 9.79. The number of fused-ring (bicyclic) bond motifs is 2. The summed E-state index contributed by atoms with van der Waals surface area (Å²) in [6.07, 6.45) is 2.48. The zero-order valence-corrected chi connectivity index (χ0v) is 16.0. The molecule has 2 bridgehead atoms. The lowest BCUT2D eigenvalue weighted by molar-refractivity contribution is -0.150. The van der Waals surface area contributed by atoms with Crippen LogP contribution in [-0.4, -0.2) is 29.5 Å². The molecular weight excluding hydrogens is 372 g/mol. The van der Waals surface area contributed by atoms with Crippen molar-refractivity contribution in [3.05, 3.63) is 28.3 Å². The fraction of sp³-hybridized carbons (Fsp3) is 0.526. The fourth-order valence-corrected chi connectivity index (χ4v) is 4.52. The molecule has 7 nitrogen and oxygen atoms in total. The van der Waals surface area contributed by atoms with Crippen molar-refractivity contribution in [2.24, 2.45) is 23.7 Å². The van der Waals surface area contributed by atoms with Gasteiger partial charge in [0.2, 0.25) is 5.91 Å². The highest BCUT2D eigenvalue weighted by molar-refractivity contribution is 6.32. The SMILES string of the molecule is Cc1cc(OCC(=O)NNC(=O)[C@H]2[C@@H]3CC[C@@H](C3)[C@@H]2C(=O)O)cc(C)c1Cl. The van der Waals surface area contributed by atoms with Crippen LogP contribution in [0.1, 0.15) is 30.4 Å². The molecule has 2 aliphatic carbocycles. The second-order valence-electron chi connectivity index (χ2n) is 7.42. The zero-order chi connectivity index (χ0) is 19.7. The Morgan fingerprint density at radius 2 is 1.70 bits per heavy atom. The van der Waals surface area contributed by atoms with Gasteiger partial charge >= 0.3 is 5.97 Å². The van der Waals surface area contributed by atoms with Crippen LogP contribution in [0.2, 0.25) is 5.02 Å². The molecule has 0 aromatic heterocycles. The Hall–Kier alpha value is -2.28. The summed E-state index contributed by atoms with van der Waals surface area (Å²) in [6.45, 7) is 3.41. The molecule has 0 unspecified atom stereocenters. The van der Waals surface area contributed by atoms with Crippen molar-refractivity contribution in [3.63, 3.8) is 0 Å². The molecule has 2 aliphatic rings. The number of nitrogens with one attached hydrogen (secondary N) is 2. The first kappa shape index (κ1) is 19.5. The molecule has 2 amide bonds. The molecule has 2 saturated carbocycles. The first-order chi connectivity index (χ1) is 12.8. The standard InChI is InChI=1S/C19H23ClN2O5/c1-9-5-13(6-10(2)17(9)20)27-8-14(23)21-22-18(24)15-11-3-4-12(7-11)16(15)19(25)26/h5-6,11-12,15-16H,3-4,7-8H2,1-2H3,(H,21,23)(H,22,24)(H,25,26)/t11-,12+,15+,16+/m1/s1. The number of rotatable bonds is 5. The number of halogens is 1. The highest BCUT2D eigenvalue weighted by atomic mass is 35.5. The van der Waals surface area contributed by atoms with E-state index in [1.54, 1.807) is 12.1 Å². The van der Waals surface area contributed by atoms with E-state index in [1.807, 2.05) is 13.8 Å². The lowest BCUT2D eigenvalue weighted by Crippen LogP contribution is -2.49. The molecule has 0 heterocycles. The van der Waals surface area contributed by atoms with Gasteiger partial charge < -0.3 is 9.84 Å². The van der Waals surface area contributed by atoms with Crippen molar-refractivity contribution in [1.29, 1.82) is 0 Å². The van der Waals surface area contributed by atoms with E-state index in [0.717, 1.165) is 30.4 Å². The molecule has 146 valence electrons. The number of aliphatic carboxylic acids is 1. The summed E-state index contributed by atoms with van der Waals surface area (Å²) >= 11 is 6.10. The Morgan fingerprint density at radius 3 is 2.30 bits per heavy atom. The first-order valence-electron chi connectivity index (χ1n) is 8.99. The Morgan fingerprint density at radius 1 is 1.11 bits per heavy atom. The number of carboxylic acids is 1. The van der Waals surface area contributed by atoms with Crippen LogP contribution in [0.4, 0.5) is 0 Å². The van der Waals surface area contributed by atoms with Gasteiger partial charge in [0.15, 0.2) is 6.61 Å². The monoisotopic (exact) mass is 394 g/mol. The zero-order valence-electron chi connectivity index (χ0n) is 15.3. The number of carboxylic acid groups (broad SMARTS) is 1. The third kappa shape index (κ3) is 4.03. The summed E-state index contributed by atoms with van der Waals surface area (Å²) in [4.78, 5) is 35.9. The van der Waals surface area contributed by atoms with Crippen LogP contribution in [0.15, 0.2) is 12.1 Å². The van der Waals surface area contributed by atoms with Gasteiger partial charge in [-0.1, -0.05) is 11.6 Å². The van der Waals surface area contributed by atoms with Crippen LogP contribution in [0.3, 0.4) is 0 Å². The van der Waals surface area contributed by atoms with E-state index in [9.17, 15) is 19.5 Å². The quantitative estimate of drug-likeness (QED) is 0.664. The van der Waals surface area contributed by atoms with Crippen LogP contribution in [-0.2, 0) is 14.4 Å². The smallest absolute Gasteiger partial charge is 0.307 e. The van der Waals surface area contributed by atoms with Crippen LogP contribution in [0.25, 0.3) is 0 Å². The number of aryl methyl sites for hydroxylation is 2. The van der Waals surface area contributed by atoms with E-state index in [4.69, 9.17) is 16.3 Å². The fourth-order valence-electron chi connectivity index (χ4n) is 4.41. The molecule has 0 saturated heterocycles. The predicted molar refractivity (Wildman–Crippen MR) is 98.2 cm³/mol. The maximum Gasteiger partial charge on any atom is 0.307 e. The number of benzene rings is 1. The number of hydrazine groups is 1. The van der Waals surface area contributed by atoms with Gasteiger partial charge in [0, 0.05) is 5.02 Å². The Balaban J connectivity index is 1.50. The van der Waals surface area contributed by atoms with Gasteiger partial charge in [-0.25, -0.2) is 0 Å². The van der Waals surface area contributed by atoms with Crippen LogP contribution < -0.4 is 15.6 Å². The largest absolute Gasteiger partial charge is 0.484 e. The minimum absolute atomic E-state index is 0.0543. The normalized spacial score (nSPS) is 25.9. The molecule has 8 heteroatoms. The first-order valence-corrected chi connectivity index (χ1v) is 9.36. The minimum atomic E-state index is -0.939. The van der Waals surface area contributed by atoms with Gasteiger partial charge in [-0.15, -0.1) is 0 Å². The van der Waals surface area contributed by atoms with E-state index in [2.05, 4.69) is 10.9 Å². The Kier molecular flexibility index (Phi) is 5.60. The molecule has 0 aliphatic heterocycles. The molecule has 0 spiro atoms. The molecular formula is C19H23ClN2O5. The number of carbonyl (C=O) groups excluding carboxylic acids is 2. The number of hydrogen-bond acceptors (Lipinski definition) is 4. The molecule has 1 aromatic rings. The van der Waals surface area contributed by atoms with Gasteiger partial charge in [0.05, 0.1) is 11.8 Å². The Labute approximate surface area is 162 Å². The molecule has 2 fully saturated rings. The maximum atomic E-state index is 12.4. The van der Waals surface area contributed by atoms with Crippen molar-refractivity contribution < 1.29 is 24.2 Å².